The van der Waals surface area contributed by atoms with Crippen LogP contribution in [0, 0.1) is 0 Å². The van der Waals surface area contributed by atoms with Crippen molar-refractivity contribution in [2.24, 2.45) is 0 Å². The van der Waals surface area contributed by atoms with Crippen molar-refractivity contribution < 1.29 is 62.1 Å². The lowest BCUT2D eigenvalue weighted by atomic mass is 10.2. The molecule has 0 saturated carbocycles. The topological polar surface area (TPSA) is 170 Å². The molecule has 1 saturated heterocycles. The number of ether oxygens (including phenoxy) is 5. The molecule has 1 heterocycles. The van der Waals surface area contributed by atoms with E-state index in [0.717, 1.165) is 5.23 Å². The van der Waals surface area contributed by atoms with Gasteiger partial charge in [0.2, 0.25) is 0 Å². The molecule has 0 spiro atoms. The van der Waals surface area contributed by atoms with Crippen LogP contribution in [0.2, 0.25) is 0 Å². The number of rotatable bonds is 21. The Hall–Kier alpha value is -4.04. The molecule has 45 heavy (non-hydrogen) atoms. The Morgan fingerprint density at radius 3 is 1.38 bits per heavy atom. The first-order valence-electron chi connectivity index (χ1n) is 14.8. The van der Waals surface area contributed by atoms with Gasteiger partial charge in [-0.25, -0.2) is 14.4 Å². The Morgan fingerprint density at radius 1 is 0.600 bits per heavy atom. The number of carbonyl (C=O) groups excluding carboxylic acids is 6. The molecule has 0 bridgehead atoms. The molecular formula is C31H45NO13. The summed E-state index contributed by atoms with van der Waals surface area (Å²) in [7, 11) is 0. The summed E-state index contributed by atoms with van der Waals surface area (Å²) in [6.45, 7) is 15.0. The second kappa shape index (κ2) is 21.6. The Bertz CT molecular complexity index is 1080. The molecule has 252 valence electrons. The fraction of sp³-hybridized carbons (Fsp3) is 0.613. The summed E-state index contributed by atoms with van der Waals surface area (Å²) >= 11 is 0. The highest BCUT2D eigenvalue weighted by atomic mass is 17.0. The summed E-state index contributed by atoms with van der Waals surface area (Å²) in [5.41, 5.74) is 0.830. The molecule has 0 aromatic carbocycles. The van der Waals surface area contributed by atoms with E-state index in [4.69, 9.17) is 33.4 Å². The fourth-order valence-corrected chi connectivity index (χ4v) is 3.46. The van der Waals surface area contributed by atoms with E-state index >= 15 is 0 Å². The fourth-order valence-electron chi connectivity index (χ4n) is 3.46. The SMILES string of the molecule is C=C(C)C(=O)OCCCCC(=O)O[C@H]1CN(OC(=O)CCCCOC(=O)C(=C)C)OC[C@H]1OC(=O)CCCCOC(=O)C(=C)C. The summed E-state index contributed by atoms with van der Waals surface area (Å²) in [6, 6.07) is 0. The third-order valence-corrected chi connectivity index (χ3v) is 5.97. The molecule has 0 unspecified atom stereocenters. The lowest BCUT2D eigenvalue weighted by Gasteiger charge is -2.35. The highest BCUT2D eigenvalue weighted by Crippen LogP contribution is 2.18. The maximum atomic E-state index is 12.6. The first-order valence-corrected chi connectivity index (χ1v) is 14.8. The van der Waals surface area contributed by atoms with E-state index < -0.39 is 48.0 Å². The largest absolute Gasteiger partial charge is 0.462 e. The molecular weight excluding hydrogens is 594 g/mol. The van der Waals surface area contributed by atoms with Gasteiger partial charge >= 0.3 is 35.8 Å². The van der Waals surface area contributed by atoms with Crippen molar-refractivity contribution in [2.45, 2.75) is 90.8 Å². The minimum Gasteiger partial charge on any atom is -0.462 e. The van der Waals surface area contributed by atoms with Crippen LogP contribution in [0.15, 0.2) is 36.5 Å². The average molecular weight is 640 g/mol. The monoisotopic (exact) mass is 639 g/mol. The van der Waals surface area contributed by atoms with Crippen LogP contribution >= 0.6 is 0 Å². The van der Waals surface area contributed by atoms with E-state index in [1.807, 2.05) is 0 Å². The van der Waals surface area contributed by atoms with Crippen molar-refractivity contribution in [1.82, 2.24) is 5.23 Å². The molecule has 1 aliphatic heterocycles. The molecule has 2 atom stereocenters. The van der Waals surface area contributed by atoms with E-state index in [2.05, 4.69) is 19.7 Å². The summed E-state index contributed by atoms with van der Waals surface area (Å²) < 4.78 is 26.0. The molecule has 1 aliphatic rings. The van der Waals surface area contributed by atoms with Crippen LogP contribution in [0.4, 0.5) is 0 Å². The van der Waals surface area contributed by atoms with Gasteiger partial charge in [0.25, 0.3) is 0 Å². The highest BCUT2D eigenvalue weighted by Gasteiger charge is 2.37. The number of carbonyl (C=O) groups is 6. The number of nitrogens with zero attached hydrogens (tertiary/aromatic N) is 1. The van der Waals surface area contributed by atoms with Gasteiger partial charge in [0.1, 0.15) is 13.2 Å². The molecule has 0 aliphatic carbocycles. The average Bonchev–Trinajstić information content (AvgIpc) is 2.97. The van der Waals surface area contributed by atoms with Crippen molar-refractivity contribution >= 4 is 35.8 Å². The zero-order valence-electron chi connectivity index (χ0n) is 26.4. The second-order valence-corrected chi connectivity index (χ2v) is 10.5. The van der Waals surface area contributed by atoms with Crippen LogP contribution in [-0.4, -0.2) is 86.2 Å². The number of hydrogen-bond donors (Lipinski definition) is 0. The van der Waals surface area contributed by atoms with Gasteiger partial charge in [0.15, 0.2) is 12.2 Å². The van der Waals surface area contributed by atoms with Crippen molar-refractivity contribution in [3.63, 3.8) is 0 Å². The molecule has 14 nitrogen and oxygen atoms in total. The van der Waals surface area contributed by atoms with Gasteiger partial charge in [0.05, 0.1) is 19.8 Å². The van der Waals surface area contributed by atoms with Crippen LogP contribution in [0.3, 0.4) is 0 Å². The molecule has 0 aromatic heterocycles. The highest BCUT2D eigenvalue weighted by molar-refractivity contribution is 5.87. The van der Waals surface area contributed by atoms with Gasteiger partial charge in [-0.3, -0.25) is 19.2 Å². The Morgan fingerprint density at radius 2 is 0.978 bits per heavy atom. The van der Waals surface area contributed by atoms with E-state index in [1.54, 1.807) is 0 Å². The van der Waals surface area contributed by atoms with Crippen LogP contribution < -0.4 is 0 Å². The molecule has 0 amide bonds. The number of unbranched alkanes of at least 4 members (excludes halogenated alkanes) is 3. The van der Waals surface area contributed by atoms with Crippen molar-refractivity contribution in [3.8, 4) is 0 Å². The number of hydroxylamine groups is 2. The number of hydrogen-bond acceptors (Lipinski definition) is 14. The van der Waals surface area contributed by atoms with Gasteiger partial charge in [-0.1, -0.05) is 19.7 Å². The lowest BCUT2D eigenvalue weighted by Crippen LogP contribution is -2.52. The quantitative estimate of drug-likeness (QED) is 0.0775. The Labute approximate surface area is 263 Å². The maximum absolute atomic E-state index is 12.6. The molecule has 0 radical (unpaired) electrons. The third-order valence-electron chi connectivity index (χ3n) is 5.97. The van der Waals surface area contributed by atoms with Crippen LogP contribution in [-0.2, 0) is 62.1 Å². The molecule has 1 rings (SSSR count). The van der Waals surface area contributed by atoms with Crippen molar-refractivity contribution in [2.75, 3.05) is 33.0 Å². The first kappa shape index (κ1) is 39.0. The number of esters is 5. The van der Waals surface area contributed by atoms with E-state index in [9.17, 15) is 28.8 Å². The molecule has 14 heteroatoms. The summed E-state index contributed by atoms with van der Waals surface area (Å²) in [6.07, 6.45) is 0.433. The van der Waals surface area contributed by atoms with Crippen LogP contribution in [0.1, 0.15) is 78.6 Å². The predicted molar refractivity (Wildman–Crippen MR) is 157 cm³/mol. The zero-order chi connectivity index (χ0) is 33.8. The standard InChI is InChI=1S/C31H45NO13/c1-21(2)29(36)39-16-10-7-13-26(33)43-24-19-32(45-28(35)15-9-12-18-41-31(38)23(5)6)42-20-25(24)44-27(34)14-8-11-17-40-30(37)22(3)4/h24-25H,1,3,5,7-20H2,2,4,6H3/t24-,25+/m0/s1. The van der Waals surface area contributed by atoms with Gasteiger partial charge in [-0.05, 0) is 64.5 Å². The zero-order valence-corrected chi connectivity index (χ0v) is 26.4. The van der Waals surface area contributed by atoms with E-state index in [-0.39, 0.29) is 69.0 Å². The predicted octanol–water partition coefficient (Wildman–Crippen LogP) is 3.38. The van der Waals surface area contributed by atoms with Gasteiger partial charge in [-0.15, -0.1) is 0 Å². The first-order chi connectivity index (χ1) is 21.3. The smallest absolute Gasteiger partial charge is 0.333 e. The van der Waals surface area contributed by atoms with Gasteiger partial charge in [-0.2, -0.15) is 0 Å². The van der Waals surface area contributed by atoms with Crippen LogP contribution in [0.25, 0.3) is 0 Å². The minimum absolute atomic E-state index is 0.00128. The molecule has 0 aromatic rings. The summed E-state index contributed by atoms with van der Waals surface area (Å²) in [5.74, 6) is -3.33. The van der Waals surface area contributed by atoms with Gasteiger partial charge in [0, 0.05) is 36.0 Å². The minimum atomic E-state index is -1.01. The molecule has 1 fully saturated rings. The van der Waals surface area contributed by atoms with Crippen molar-refractivity contribution in [1.29, 1.82) is 0 Å². The summed E-state index contributed by atoms with van der Waals surface area (Å²) in [4.78, 5) is 82.3. The summed E-state index contributed by atoms with van der Waals surface area (Å²) in [5, 5.41) is 0.874. The van der Waals surface area contributed by atoms with E-state index in [1.165, 1.54) is 20.8 Å². The van der Waals surface area contributed by atoms with Crippen LogP contribution in [0.5, 0.6) is 0 Å². The van der Waals surface area contributed by atoms with Crippen molar-refractivity contribution in [3.05, 3.63) is 36.5 Å². The lowest BCUT2D eigenvalue weighted by molar-refractivity contribution is -0.381. The normalized spacial score (nSPS) is 16.1. The second-order valence-electron chi connectivity index (χ2n) is 10.5. The third kappa shape index (κ3) is 17.7. The Balaban J connectivity index is 2.60. The molecule has 0 N–H and O–H groups in total. The Kier molecular flexibility index (Phi) is 18.7. The van der Waals surface area contributed by atoms with E-state index in [0.29, 0.717) is 38.5 Å². The van der Waals surface area contributed by atoms with Gasteiger partial charge < -0.3 is 28.5 Å². The maximum Gasteiger partial charge on any atom is 0.333 e.